The number of hydrogen-bond donors (Lipinski definition) is 2. The van der Waals surface area contributed by atoms with Crippen molar-refractivity contribution in [1.29, 1.82) is 0 Å². The van der Waals surface area contributed by atoms with Gasteiger partial charge in [-0.3, -0.25) is 9.52 Å². The number of benzene rings is 2. The summed E-state index contributed by atoms with van der Waals surface area (Å²) in [6, 6.07) is 15.5. The molecular formula is C19H22N2O3S. The van der Waals surface area contributed by atoms with Crippen molar-refractivity contribution in [3.63, 3.8) is 0 Å². The van der Waals surface area contributed by atoms with Gasteiger partial charge in [-0.15, -0.1) is 0 Å². The highest BCUT2D eigenvalue weighted by Gasteiger charge is 2.08. The Morgan fingerprint density at radius 2 is 1.72 bits per heavy atom. The second kappa shape index (κ2) is 9.03. The lowest BCUT2D eigenvalue weighted by atomic mass is 10.2. The number of carbonyl (C=O) groups excluding carboxylic acids is 1. The summed E-state index contributed by atoms with van der Waals surface area (Å²) in [6.07, 6.45) is 3.47. The van der Waals surface area contributed by atoms with Crippen molar-refractivity contribution < 1.29 is 13.2 Å². The molecule has 0 saturated carbocycles. The highest BCUT2D eigenvalue weighted by atomic mass is 32.2. The average Bonchev–Trinajstić information content (AvgIpc) is 2.61. The minimum atomic E-state index is -3.61. The Morgan fingerprint density at radius 1 is 1.04 bits per heavy atom. The number of carbonyl (C=O) groups is 1. The summed E-state index contributed by atoms with van der Waals surface area (Å²) in [7, 11) is -3.61. The largest absolute Gasteiger partial charge is 0.352 e. The molecule has 132 valence electrons. The molecule has 2 aromatic carbocycles. The molecule has 2 aromatic rings. The van der Waals surface area contributed by atoms with Crippen molar-refractivity contribution in [2.45, 2.75) is 19.8 Å². The zero-order valence-corrected chi connectivity index (χ0v) is 14.9. The molecule has 0 aliphatic rings. The van der Waals surface area contributed by atoms with Gasteiger partial charge in [0.15, 0.2) is 0 Å². The highest BCUT2D eigenvalue weighted by molar-refractivity contribution is 7.95. The molecule has 0 heterocycles. The minimum absolute atomic E-state index is 0.160. The number of nitrogens with one attached hydrogen (secondary N) is 2. The van der Waals surface area contributed by atoms with Gasteiger partial charge in [-0.05, 0) is 42.3 Å². The fraction of sp³-hybridized carbons (Fsp3) is 0.211. The smallest absolute Gasteiger partial charge is 0.255 e. The van der Waals surface area contributed by atoms with E-state index >= 15 is 0 Å². The second-order valence-electron chi connectivity index (χ2n) is 5.55. The van der Waals surface area contributed by atoms with E-state index in [1.54, 1.807) is 24.3 Å². The maximum absolute atomic E-state index is 12.1. The van der Waals surface area contributed by atoms with Crippen LogP contribution in [0.2, 0.25) is 0 Å². The standard InChI is InChI=1S/C19H22N2O3S/c1-2-3-14-20-19(22)17-9-11-18(12-10-17)21-25(23,24)15-13-16-7-5-4-6-8-16/h4-13,15,21H,2-3,14H2,1H3,(H,20,22)/b15-13+. The molecule has 1 amide bonds. The third kappa shape index (κ3) is 6.43. The summed E-state index contributed by atoms with van der Waals surface area (Å²) in [6.45, 7) is 2.69. The van der Waals surface area contributed by atoms with E-state index < -0.39 is 10.0 Å². The molecule has 6 heteroatoms. The van der Waals surface area contributed by atoms with E-state index in [1.165, 1.54) is 6.08 Å². The first-order chi connectivity index (χ1) is 12.0. The van der Waals surface area contributed by atoms with Crippen LogP contribution in [-0.4, -0.2) is 20.9 Å². The Hall–Kier alpha value is -2.60. The van der Waals surface area contributed by atoms with Gasteiger partial charge in [0.05, 0.1) is 5.41 Å². The Labute approximate surface area is 148 Å². The fourth-order valence-corrected chi connectivity index (χ4v) is 2.97. The molecule has 25 heavy (non-hydrogen) atoms. The summed E-state index contributed by atoms with van der Waals surface area (Å²) >= 11 is 0. The van der Waals surface area contributed by atoms with Gasteiger partial charge in [-0.2, -0.15) is 0 Å². The molecule has 0 saturated heterocycles. The van der Waals surface area contributed by atoms with E-state index in [1.807, 2.05) is 30.3 Å². The molecule has 0 spiro atoms. The summed E-state index contributed by atoms with van der Waals surface area (Å²) in [5.74, 6) is -0.160. The van der Waals surface area contributed by atoms with Crippen molar-refractivity contribution in [3.8, 4) is 0 Å². The average molecular weight is 358 g/mol. The topological polar surface area (TPSA) is 75.3 Å². The van der Waals surface area contributed by atoms with Crippen LogP contribution in [0.4, 0.5) is 5.69 Å². The van der Waals surface area contributed by atoms with E-state index in [0.29, 0.717) is 17.8 Å². The zero-order valence-electron chi connectivity index (χ0n) is 14.1. The molecule has 0 aromatic heterocycles. The second-order valence-corrected chi connectivity index (χ2v) is 7.11. The van der Waals surface area contributed by atoms with Crippen LogP contribution in [0.1, 0.15) is 35.7 Å². The Morgan fingerprint density at radius 3 is 2.36 bits per heavy atom. The maximum Gasteiger partial charge on any atom is 0.255 e. The first-order valence-electron chi connectivity index (χ1n) is 8.14. The number of unbranched alkanes of at least 4 members (excludes halogenated alkanes) is 1. The monoisotopic (exact) mass is 358 g/mol. The Kier molecular flexibility index (Phi) is 6.77. The summed E-state index contributed by atoms with van der Waals surface area (Å²) in [4.78, 5) is 11.9. The van der Waals surface area contributed by atoms with Gasteiger partial charge in [0.1, 0.15) is 0 Å². The Balaban J connectivity index is 1.98. The predicted molar refractivity (Wildman–Crippen MR) is 102 cm³/mol. The first kappa shape index (κ1) is 18.7. The highest BCUT2D eigenvalue weighted by Crippen LogP contribution is 2.13. The molecular weight excluding hydrogens is 336 g/mol. The van der Waals surface area contributed by atoms with Crippen molar-refractivity contribution in [2.24, 2.45) is 0 Å². The summed E-state index contributed by atoms with van der Waals surface area (Å²) in [5, 5.41) is 3.94. The molecule has 0 aliphatic carbocycles. The number of hydrogen-bond acceptors (Lipinski definition) is 3. The zero-order chi connectivity index (χ0) is 18.1. The van der Waals surface area contributed by atoms with Gasteiger partial charge in [0.25, 0.3) is 15.9 Å². The van der Waals surface area contributed by atoms with Crippen molar-refractivity contribution in [3.05, 3.63) is 71.1 Å². The van der Waals surface area contributed by atoms with E-state index in [4.69, 9.17) is 0 Å². The van der Waals surface area contributed by atoms with Gasteiger partial charge in [-0.1, -0.05) is 43.7 Å². The number of rotatable bonds is 8. The van der Waals surface area contributed by atoms with Crippen LogP contribution in [0.15, 0.2) is 60.0 Å². The molecule has 0 fully saturated rings. The van der Waals surface area contributed by atoms with E-state index in [-0.39, 0.29) is 5.91 Å². The predicted octanol–water partition coefficient (Wildman–Crippen LogP) is 3.63. The van der Waals surface area contributed by atoms with E-state index in [9.17, 15) is 13.2 Å². The van der Waals surface area contributed by atoms with Crippen molar-refractivity contribution in [1.82, 2.24) is 5.32 Å². The molecule has 0 bridgehead atoms. The van der Waals surface area contributed by atoms with Gasteiger partial charge in [0, 0.05) is 17.8 Å². The van der Waals surface area contributed by atoms with Crippen molar-refractivity contribution in [2.75, 3.05) is 11.3 Å². The van der Waals surface area contributed by atoms with E-state index in [2.05, 4.69) is 17.0 Å². The molecule has 0 unspecified atom stereocenters. The first-order valence-corrected chi connectivity index (χ1v) is 9.69. The van der Waals surface area contributed by atoms with E-state index in [0.717, 1.165) is 23.8 Å². The van der Waals surface area contributed by atoms with Crippen LogP contribution in [0.5, 0.6) is 0 Å². The van der Waals surface area contributed by atoms with Crippen LogP contribution in [0, 0.1) is 0 Å². The maximum atomic E-state index is 12.1. The van der Waals surface area contributed by atoms with Crippen LogP contribution in [0.3, 0.4) is 0 Å². The van der Waals surface area contributed by atoms with Crippen LogP contribution in [0.25, 0.3) is 6.08 Å². The number of anilines is 1. The molecule has 5 nitrogen and oxygen atoms in total. The molecule has 2 N–H and O–H groups in total. The van der Waals surface area contributed by atoms with Crippen LogP contribution >= 0.6 is 0 Å². The lowest BCUT2D eigenvalue weighted by Gasteiger charge is -2.07. The summed E-state index contributed by atoms with van der Waals surface area (Å²) in [5.41, 5.74) is 1.70. The number of sulfonamides is 1. The summed E-state index contributed by atoms with van der Waals surface area (Å²) < 4.78 is 26.6. The molecule has 0 aliphatic heterocycles. The van der Waals surface area contributed by atoms with Crippen LogP contribution in [-0.2, 0) is 10.0 Å². The quantitative estimate of drug-likeness (QED) is 0.708. The number of amides is 1. The van der Waals surface area contributed by atoms with Gasteiger partial charge in [-0.25, -0.2) is 8.42 Å². The molecule has 0 radical (unpaired) electrons. The van der Waals surface area contributed by atoms with Crippen molar-refractivity contribution >= 4 is 27.7 Å². The molecule has 2 rings (SSSR count). The third-order valence-corrected chi connectivity index (χ3v) is 4.48. The third-order valence-electron chi connectivity index (χ3n) is 3.46. The lowest BCUT2D eigenvalue weighted by Crippen LogP contribution is -2.24. The lowest BCUT2D eigenvalue weighted by molar-refractivity contribution is 0.0953. The fourth-order valence-electron chi connectivity index (χ4n) is 2.10. The van der Waals surface area contributed by atoms with Gasteiger partial charge >= 0.3 is 0 Å². The SMILES string of the molecule is CCCCNC(=O)c1ccc(NS(=O)(=O)/C=C/c2ccccc2)cc1. The minimum Gasteiger partial charge on any atom is -0.352 e. The normalized spacial score (nSPS) is 11.4. The molecule has 0 atom stereocenters. The van der Waals surface area contributed by atoms with Gasteiger partial charge in [0.2, 0.25) is 0 Å². The van der Waals surface area contributed by atoms with Crippen LogP contribution < -0.4 is 10.0 Å². The van der Waals surface area contributed by atoms with Gasteiger partial charge < -0.3 is 5.32 Å². The Bertz CT molecular complexity index is 814.